The fraction of sp³-hybridized carbons (Fsp3) is 0.640. The van der Waals surface area contributed by atoms with Crippen molar-refractivity contribution in [1.29, 1.82) is 0 Å². The van der Waals surface area contributed by atoms with Gasteiger partial charge in [-0.3, -0.25) is 10.0 Å². The highest BCUT2D eigenvalue weighted by molar-refractivity contribution is 5.80. The number of allylic oxidation sites excluding steroid dienone is 2. The molecule has 0 aromatic heterocycles. The highest BCUT2D eigenvalue weighted by atomic mass is 16.5. The summed E-state index contributed by atoms with van der Waals surface area (Å²) in [7, 11) is 1.39. The fourth-order valence-corrected chi connectivity index (χ4v) is 4.94. The highest BCUT2D eigenvalue weighted by Crippen LogP contribution is 2.46. The van der Waals surface area contributed by atoms with E-state index in [1.807, 2.05) is 32.0 Å². The highest BCUT2D eigenvalue weighted by Gasteiger charge is 2.47. The molecular weight excluding hydrogens is 378 g/mol. The number of benzene rings is 1. The molecule has 0 spiro atoms. The van der Waals surface area contributed by atoms with Crippen LogP contribution >= 0.6 is 0 Å². The van der Waals surface area contributed by atoms with E-state index in [2.05, 4.69) is 24.3 Å². The minimum Gasteiger partial charge on any atom is -0.377 e. The summed E-state index contributed by atoms with van der Waals surface area (Å²) < 4.78 is 12.1. The van der Waals surface area contributed by atoms with Crippen molar-refractivity contribution in [2.24, 2.45) is 17.3 Å². The molecule has 2 saturated heterocycles. The number of rotatable bonds is 11. The number of hydroxylamine groups is 2. The Balaban J connectivity index is 1.41. The first-order chi connectivity index (χ1) is 14.4. The van der Waals surface area contributed by atoms with E-state index in [9.17, 15) is 10.0 Å². The first-order valence-corrected chi connectivity index (χ1v) is 11.3. The quantitative estimate of drug-likeness (QED) is 0.239. The molecule has 2 aliphatic rings. The molecule has 0 aliphatic carbocycles. The summed E-state index contributed by atoms with van der Waals surface area (Å²) in [6.07, 6.45) is 11.2. The van der Waals surface area contributed by atoms with E-state index in [0.29, 0.717) is 35.7 Å². The normalized spacial score (nSPS) is 25.9. The Morgan fingerprint density at radius 3 is 2.60 bits per heavy atom. The van der Waals surface area contributed by atoms with Crippen LogP contribution in [0, 0.1) is 17.3 Å². The van der Waals surface area contributed by atoms with Gasteiger partial charge in [-0.25, -0.2) is 5.06 Å². The van der Waals surface area contributed by atoms with Crippen molar-refractivity contribution >= 4 is 5.91 Å². The first-order valence-electron chi connectivity index (χ1n) is 11.3. The molecule has 1 aromatic rings. The largest absolute Gasteiger partial charge is 0.377 e. The maximum Gasteiger partial charge on any atom is 0.251 e. The minimum atomic E-state index is -0.554. The summed E-state index contributed by atoms with van der Waals surface area (Å²) in [4.78, 5) is 12.0. The molecule has 0 saturated carbocycles. The Morgan fingerprint density at radius 2 is 1.90 bits per heavy atom. The van der Waals surface area contributed by atoms with Gasteiger partial charge in [0.25, 0.3) is 5.91 Å². The molecule has 1 aromatic carbocycles. The van der Waals surface area contributed by atoms with Gasteiger partial charge in [0.1, 0.15) is 0 Å². The van der Waals surface area contributed by atoms with Gasteiger partial charge in [-0.2, -0.15) is 0 Å². The van der Waals surface area contributed by atoms with Gasteiger partial charge >= 0.3 is 0 Å². The zero-order chi connectivity index (χ0) is 21.6. The van der Waals surface area contributed by atoms with Crippen molar-refractivity contribution in [3.8, 4) is 0 Å². The van der Waals surface area contributed by atoms with Gasteiger partial charge in [0.15, 0.2) is 0 Å². The zero-order valence-corrected chi connectivity index (χ0v) is 18.6. The van der Waals surface area contributed by atoms with Crippen LogP contribution in [-0.4, -0.2) is 42.0 Å². The van der Waals surface area contributed by atoms with Gasteiger partial charge in [0.05, 0.1) is 18.8 Å². The first kappa shape index (κ1) is 23.0. The average molecular weight is 416 g/mol. The van der Waals surface area contributed by atoms with Crippen LogP contribution in [0.3, 0.4) is 0 Å². The molecule has 30 heavy (non-hydrogen) atoms. The minimum absolute atomic E-state index is 0.243. The van der Waals surface area contributed by atoms with Crippen LogP contribution in [0.4, 0.5) is 0 Å². The van der Waals surface area contributed by atoms with Crippen molar-refractivity contribution in [2.45, 2.75) is 71.2 Å². The molecule has 4 atom stereocenters. The van der Waals surface area contributed by atoms with Crippen LogP contribution in [0.15, 0.2) is 42.5 Å². The maximum atomic E-state index is 12.0. The van der Waals surface area contributed by atoms with Crippen molar-refractivity contribution in [3.63, 3.8) is 0 Å². The number of ether oxygens (including phenoxy) is 2. The predicted octanol–water partition coefficient (Wildman–Crippen LogP) is 4.99. The van der Waals surface area contributed by atoms with Crippen LogP contribution in [0.2, 0.25) is 0 Å². The molecular formula is C25H37NO4. The van der Waals surface area contributed by atoms with E-state index >= 15 is 0 Å². The Kier molecular flexibility index (Phi) is 8.09. The average Bonchev–Trinajstić information content (AvgIpc) is 3.33. The molecule has 1 amide bonds. The molecule has 5 heteroatoms. The molecule has 5 nitrogen and oxygen atoms in total. The molecule has 0 unspecified atom stereocenters. The second-order valence-corrected chi connectivity index (χ2v) is 9.40. The van der Waals surface area contributed by atoms with Crippen molar-refractivity contribution in [1.82, 2.24) is 5.06 Å². The fourth-order valence-electron chi connectivity index (χ4n) is 4.94. The SMILES string of the molecule is CN(O)C(=O)C(C)(C)CCC=CC[C@H]1[C@@H](CCOCc2ccccc2)[C@H]2CC[C@@H]1O2. The molecule has 0 radical (unpaired) electrons. The van der Waals surface area contributed by atoms with Crippen LogP contribution < -0.4 is 0 Å². The van der Waals surface area contributed by atoms with E-state index in [1.165, 1.54) is 25.5 Å². The molecule has 2 aliphatic heterocycles. The second-order valence-electron chi connectivity index (χ2n) is 9.40. The van der Waals surface area contributed by atoms with E-state index in [1.54, 1.807) is 0 Å². The van der Waals surface area contributed by atoms with E-state index < -0.39 is 5.41 Å². The predicted molar refractivity (Wildman–Crippen MR) is 117 cm³/mol. The second kappa shape index (κ2) is 10.6. The van der Waals surface area contributed by atoms with Crippen molar-refractivity contribution in [3.05, 3.63) is 48.0 Å². The lowest BCUT2D eigenvalue weighted by molar-refractivity contribution is -0.169. The maximum absolute atomic E-state index is 12.0. The third-order valence-corrected chi connectivity index (χ3v) is 6.68. The molecule has 2 fully saturated rings. The standard InChI is InChI=1S/C25H37NO4/c1-25(2,24(27)26(3)28)16-9-5-8-12-20-21(23-14-13-22(20)30-23)15-17-29-18-19-10-6-4-7-11-19/h4-8,10-11,20-23,28H,9,12-18H2,1-3H3/t20-,21+,22-,23+/m0/s1. The third-order valence-electron chi connectivity index (χ3n) is 6.68. The summed E-state index contributed by atoms with van der Waals surface area (Å²) in [5.74, 6) is 0.900. The molecule has 166 valence electrons. The van der Waals surface area contributed by atoms with Gasteiger partial charge in [-0.15, -0.1) is 0 Å². The van der Waals surface area contributed by atoms with E-state index in [0.717, 1.165) is 32.3 Å². The van der Waals surface area contributed by atoms with Gasteiger partial charge < -0.3 is 9.47 Å². The van der Waals surface area contributed by atoms with Crippen LogP contribution in [-0.2, 0) is 20.9 Å². The Bertz CT molecular complexity index is 700. The Labute approximate surface area is 181 Å². The van der Waals surface area contributed by atoms with Gasteiger partial charge in [0, 0.05) is 19.1 Å². The molecule has 3 rings (SSSR count). The number of hydrogen-bond acceptors (Lipinski definition) is 4. The molecule has 2 bridgehead atoms. The Hall–Kier alpha value is -1.69. The lowest BCUT2D eigenvalue weighted by atomic mass is 9.76. The zero-order valence-electron chi connectivity index (χ0n) is 18.6. The van der Waals surface area contributed by atoms with E-state index in [-0.39, 0.29) is 5.91 Å². The Morgan fingerprint density at radius 1 is 1.20 bits per heavy atom. The topological polar surface area (TPSA) is 59.0 Å². The number of fused-ring (bicyclic) bond motifs is 2. The smallest absolute Gasteiger partial charge is 0.251 e. The van der Waals surface area contributed by atoms with Crippen molar-refractivity contribution < 1.29 is 19.5 Å². The summed E-state index contributed by atoms with van der Waals surface area (Å²) >= 11 is 0. The molecule has 1 N–H and O–H groups in total. The number of carbonyl (C=O) groups excluding carboxylic acids is 1. The van der Waals surface area contributed by atoms with E-state index in [4.69, 9.17) is 9.47 Å². The summed E-state index contributed by atoms with van der Waals surface area (Å²) in [5, 5.41) is 10.1. The van der Waals surface area contributed by atoms with Crippen molar-refractivity contribution in [2.75, 3.05) is 13.7 Å². The van der Waals surface area contributed by atoms with Crippen LogP contribution in [0.5, 0.6) is 0 Å². The third kappa shape index (κ3) is 5.93. The van der Waals surface area contributed by atoms with Crippen LogP contribution in [0.1, 0.15) is 57.9 Å². The summed E-state index contributed by atoms with van der Waals surface area (Å²) in [6, 6.07) is 10.3. The number of nitrogens with zero attached hydrogens (tertiary/aromatic N) is 1. The number of carbonyl (C=O) groups is 1. The van der Waals surface area contributed by atoms with Gasteiger partial charge in [-0.1, -0.05) is 56.3 Å². The number of amides is 1. The summed E-state index contributed by atoms with van der Waals surface area (Å²) in [6.45, 7) is 5.21. The molecule has 2 heterocycles. The van der Waals surface area contributed by atoms with Gasteiger partial charge in [-0.05, 0) is 55.9 Å². The lowest BCUT2D eigenvalue weighted by Gasteiger charge is -2.27. The number of hydrogen-bond donors (Lipinski definition) is 1. The van der Waals surface area contributed by atoms with Crippen LogP contribution in [0.25, 0.3) is 0 Å². The van der Waals surface area contributed by atoms with Gasteiger partial charge in [0.2, 0.25) is 0 Å². The monoisotopic (exact) mass is 415 g/mol. The lowest BCUT2D eigenvalue weighted by Crippen LogP contribution is -2.36. The summed E-state index contributed by atoms with van der Waals surface area (Å²) in [5.41, 5.74) is 0.664.